The average molecular weight is 210 g/mol. The van der Waals surface area contributed by atoms with Crippen molar-refractivity contribution in [1.29, 1.82) is 0 Å². The summed E-state index contributed by atoms with van der Waals surface area (Å²) in [5.41, 5.74) is 3.00. The van der Waals surface area contributed by atoms with Crippen LogP contribution in [0.25, 0.3) is 11.1 Å². The van der Waals surface area contributed by atoms with E-state index in [1.807, 2.05) is 25.1 Å². The van der Waals surface area contributed by atoms with Crippen LogP contribution in [0, 0.1) is 6.92 Å². The number of alkyl halides is 1. The molecule has 1 aromatic heterocycles. The second kappa shape index (κ2) is 4.01. The van der Waals surface area contributed by atoms with E-state index in [-0.39, 0.29) is 0 Å². The molecule has 2 rings (SSSR count). The van der Waals surface area contributed by atoms with Crippen LogP contribution in [0.3, 0.4) is 0 Å². The van der Waals surface area contributed by atoms with Gasteiger partial charge >= 0.3 is 0 Å². The lowest BCUT2D eigenvalue weighted by molar-refractivity contribution is 0.526. The number of para-hydroxylation sites is 1. The predicted octanol–water partition coefficient (Wildman–Crippen LogP) is 3.31. The predicted molar refractivity (Wildman–Crippen MR) is 57.8 cm³/mol. The first-order valence-electron chi connectivity index (χ1n) is 4.72. The van der Waals surface area contributed by atoms with Crippen LogP contribution in [0.2, 0.25) is 0 Å². The zero-order valence-electron chi connectivity index (χ0n) is 8.09. The Kier molecular flexibility index (Phi) is 2.73. The summed E-state index contributed by atoms with van der Waals surface area (Å²) in [7, 11) is 0. The maximum absolute atomic E-state index is 5.61. The van der Waals surface area contributed by atoms with Crippen LogP contribution in [0.1, 0.15) is 17.9 Å². The number of hydrogen-bond acceptors (Lipinski definition) is 2. The summed E-state index contributed by atoms with van der Waals surface area (Å²) in [4.78, 5) is 4.42. The van der Waals surface area contributed by atoms with Gasteiger partial charge in [0.25, 0.3) is 0 Å². The molecule has 3 heteroatoms. The molecule has 14 heavy (non-hydrogen) atoms. The minimum absolute atomic E-state index is 0.651. The van der Waals surface area contributed by atoms with Crippen molar-refractivity contribution in [3.63, 3.8) is 0 Å². The number of oxazole rings is 1. The average Bonchev–Trinajstić information content (AvgIpc) is 2.59. The van der Waals surface area contributed by atoms with Gasteiger partial charge in [-0.2, -0.15) is 0 Å². The van der Waals surface area contributed by atoms with Gasteiger partial charge in [-0.05, 0) is 25.0 Å². The van der Waals surface area contributed by atoms with Crippen molar-refractivity contribution < 1.29 is 4.42 Å². The molecular formula is C11H12ClNO. The van der Waals surface area contributed by atoms with Gasteiger partial charge in [0.2, 0.25) is 0 Å². The standard InChI is InChI=1S/C11H12ClNO/c1-8-4-2-5-9-11(8)13-10(14-9)6-3-7-12/h2,4-5H,3,6-7H2,1H3. The molecule has 74 valence electrons. The van der Waals surface area contributed by atoms with E-state index < -0.39 is 0 Å². The molecule has 0 unspecified atom stereocenters. The molecule has 1 heterocycles. The zero-order chi connectivity index (χ0) is 9.97. The summed E-state index contributed by atoms with van der Waals surface area (Å²) < 4.78 is 5.58. The van der Waals surface area contributed by atoms with E-state index in [1.54, 1.807) is 0 Å². The lowest BCUT2D eigenvalue weighted by Crippen LogP contribution is -1.85. The van der Waals surface area contributed by atoms with Crippen LogP contribution in [0.4, 0.5) is 0 Å². The number of rotatable bonds is 3. The molecule has 0 aliphatic rings. The smallest absolute Gasteiger partial charge is 0.195 e. The monoisotopic (exact) mass is 209 g/mol. The van der Waals surface area contributed by atoms with Crippen molar-refractivity contribution in [2.75, 3.05) is 5.88 Å². The largest absolute Gasteiger partial charge is 0.441 e. The number of nitrogens with zero attached hydrogens (tertiary/aromatic N) is 1. The molecule has 0 aliphatic carbocycles. The van der Waals surface area contributed by atoms with E-state index in [2.05, 4.69) is 4.98 Å². The number of halogens is 1. The second-order valence-electron chi connectivity index (χ2n) is 3.32. The molecular weight excluding hydrogens is 198 g/mol. The maximum atomic E-state index is 5.61. The first-order chi connectivity index (χ1) is 6.81. The molecule has 0 N–H and O–H groups in total. The van der Waals surface area contributed by atoms with Crippen molar-refractivity contribution in [3.05, 3.63) is 29.7 Å². The quantitative estimate of drug-likeness (QED) is 0.725. The van der Waals surface area contributed by atoms with Crippen LogP contribution in [-0.2, 0) is 6.42 Å². The summed E-state index contributed by atoms with van der Waals surface area (Å²) >= 11 is 5.61. The Morgan fingerprint density at radius 1 is 1.43 bits per heavy atom. The van der Waals surface area contributed by atoms with Gasteiger partial charge in [-0.1, -0.05) is 12.1 Å². The minimum Gasteiger partial charge on any atom is -0.441 e. The lowest BCUT2D eigenvalue weighted by atomic mass is 10.2. The molecule has 0 aliphatic heterocycles. The normalized spacial score (nSPS) is 11.0. The van der Waals surface area contributed by atoms with Crippen LogP contribution in [0.15, 0.2) is 22.6 Å². The van der Waals surface area contributed by atoms with Gasteiger partial charge in [-0.15, -0.1) is 11.6 Å². The molecule has 0 bridgehead atoms. The van der Waals surface area contributed by atoms with Crippen LogP contribution < -0.4 is 0 Å². The van der Waals surface area contributed by atoms with E-state index in [0.717, 1.165) is 35.4 Å². The van der Waals surface area contributed by atoms with Crippen LogP contribution in [0.5, 0.6) is 0 Å². The Morgan fingerprint density at radius 2 is 2.29 bits per heavy atom. The molecule has 0 atom stereocenters. The van der Waals surface area contributed by atoms with Gasteiger partial charge in [-0.3, -0.25) is 0 Å². The highest BCUT2D eigenvalue weighted by molar-refractivity contribution is 6.17. The molecule has 0 saturated heterocycles. The summed E-state index contributed by atoms with van der Waals surface area (Å²) in [6, 6.07) is 5.96. The molecule has 2 aromatic rings. The molecule has 1 aromatic carbocycles. The minimum atomic E-state index is 0.651. The molecule has 0 fully saturated rings. The highest BCUT2D eigenvalue weighted by Crippen LogP contribution is 2.19. The molecule has 2 nitrogen and oxygen atoms in total. The van der Waals surface area contributed by atoms with Crippen LogP contribution in [-0.4, -0.2) is 10.9 Å². The van der Waals surface area contributed by atoms with Gasteiger partial charge in [0.1, 0.15) is 5.52 Å². The Balaban J connectivity index is 2.36. The van der Waals surface area contributed by atoms with Gasteiger partial charge in [0.05, 0.1) is 0 Å². The van der Waals surface area contributed by atoms with E-state index in [1.165, 1.54) is 0 Å². The van der Waals surface area contributed by atoms with Gasteiger partial charge in [-0.25, -0.2) is 4.98 Å². The number of aromatic nitrogens is 1. The van der Waals surface area contributed by atoms with E-state index >= 15 is 0 Å². The van der Waals surface area contributed by atoms with E-state index in [0.29, 0.717) is 5.88 Å². The summed E-state index contributed by atoms with van der Waals surface area (Å²) in [6.07, 6.45) is 1.73. The van der Waals surface area contributed by atoms with Crippen molar-refractivity contribution in [3.8, 4) is 0 Å². The van der Waals surface area contributed by atoms with E-state index in [9.17, 15) is 0 Å². The number of benzene rings is 1. The maximum Gasteiger partial charge on any atom is 0.195 e. The summed E-state index contributed by atoms with van der Waals surface area (Å²) in [5.74, 6) is 1.44. The van der Waals surface area contributed by atoms with Crippen molar-refractivity contribution in [2.24, 2.45) is 0 Å². The van der Waals surface area contributed by atoms with Crippen LogP contribution >= 0.6 is 11.6 Å². The molecule has 0 amide bonds. The molecule has 0 saturated carbocycles. The van der Waals surface area contributed by atoms with Crippen molar-refractivity contribution >= 4 is 22.7 Å². The molecule has 0 spiro atoms. The Hall–Kier alpha value is -1.02. The third-order valence-corrected chi connectivity index (χ3v) is 2.46. The number of hydrogen-bond donors (Lipinski definition) is 0. The summed E-state index contributed by atoms with van der Waals surface area (Å²) in [6.45, 7) is 2.04. The lowest BCUT2D eigenvalue weighted by Gasteiger charge is -1.88. The highest BCUT2D eigenvalue weighted by Gasteiger charge is 2.06. The fourth-order valence-corrected chi connectivity index (χ4v) is 1.59. The van der Waals surface area contributed by atoms with E-state index in [4.69, 9.17) is 16.0 Å². The first kappa shape index (κ1) is 9.53. The Labute approximate surface area is 87.9 Å². The number of aryl methyl sites for hydroxylation is 2. The van der Waals surface area contributed by atoms with Crippen molar-refractivity contribution in [1.82, 2.24) is 4.98 Å². The highest BCUT2D eigenvalue weighted by atomic mass is 35.5. The fourth-order valence-electron chi connectivity index (χ4n) is 1.46. The van der Waals surface area contributed by atoms with Crippen molar-refractivity contribution in [2.45, 2.75) is 19.8 Å². The zero-order valence-corrected chi connectivity index (χ0v) is 8.84. The Bertz CT molecular complexity index is 436. The SMILES string of the molecule is Cc1cccc2oc(CCCCl)nc12. The first-order valence-corrected chi connectivity index (χ1v) is 5.25. The fraction of sp³-hybridized carbons (Fsp3) is 0.364. The Morgan fingerprint density at radius 3 is 3.00 bits per heavy atom. The third-order valence-electron chi connectivity index (χ3n) is 2.19. The van der Waals surface area contributed by atoms with Gasteiger partial charge in [0, 0.05) is 12.3 Å². The summed E-state index contributed by atoms with van der Waals surface area (Å²) in [5, 5.41) is 0. The number of fused-ring (bicyclic) bond motifs is 1. The van der Waals surface area contributed by atoms with Gasteiger partial charge < -0.3 is 4.42 Å². The van der Waals surface area contributed by atoms with Gasteiger partial charge in [0.15, 0.2) is 11.5 Å². The second-order valence-corrected chi connectivity index (χ2v) is 3.70. The topological polar surface area (TPSA) is 26.0 Å². The third kappa shape index (κ3) is 1.75. The molecule has 0 radical (unpaired) electrons.